The molecule has 3 amide bonds. The third-order valence-corrected chi connectivity index (χ3v) is 8.28. The Labute approximate surface area is 231 Å². The van der Waals surface area contributed by atoms with E-state index < -0.39 is 41.7 Å². The average molecular weight is 598 g/mol. The number of carbonyl (C=O) groups excluding carboxylic acids is 3. The number of nitrogens with one attached hydrogen (secondary N) is 2. The first kappa shape index (κ1) is 28.0. The average Bonchev–Trinajstić information content (AvgIpc) is 3.54. The topological polar surface area (TPSA) is 231 Å². The molecule has 0 saturated carbocycles. The number of oxime groups is 1. The minimum absolute atomic E-state index is 0.0916. The maximum Gasteiger partial charge on any atom is 0.352 e. The lowest BCUT2D eigenvalue weighted by Crippen LogP contribution is -2.71. The molecule has 1 saturated heterocycles. The molecule has 0 spiro atoms. The largest absolute Gasteiger partial charge is 0.480 e. The maximum atomic E-state index is 13.0. The van der Waals surface area contributed by atoms with Gasteiger partial charge in [0.1, 0.15) is 36.0 Å². The molecule has 39 heavy (non-hydrogen) atoms. The van der Waals surface area contributed by atoms with Gasteiger partial charge in [0.15, 0.2) is 10.8 Å². The smallest absolute Gasteiger partial charge is 0.352 e. The molecule has 1 unspecified atom stereocenters. The molecule has 0 aromatic carbocycles. The van der Waals surface area contributed by atoms with E-state index in [-0.39, 0.29) is 45.5 Å². The first-order chi connectivity index (χ1) is 18.7. The summed E-state index contributed by atoms with van der Waals surface area (Å²) in [4.78, 5) is 70.1. The number of nitrogens with zero attached hydrogens (tertiary/aromatic N) is 7. The van der Waals surface area contributed by atoms with Gasteiger partial charge < -0.3 is 25.7 Å². The number of tetrazole rings is 1. The van der Waals surface area contributed by atoms with Gasteiger partial charge in [-0.2, -0.15) is 0 Å². The molecule has 17 nitrogen and oxygen atoms in total. The van der Waals surface area contributed by atoms with Gasteiger partial charge in [-0.15, -0.1) is 28.2 Å². The van der Waals surface area contributed by atoms with Crippen molar-refractivity contribution < 1.29 is 39.0 Å². The highest BCUT2D eigenvalue weighted by atomic mass is 32.2. The van der Waals surface area contributed by atoms with Gasteiger partial charge in [-0.1, -0.05) is 16.9 Å². The zero-order chi connectivity index (χ0) is 28.1. The Hall–Kier alpha value is -4.04. The molecule has 2 aromatic heterocycles. The lowest BCUT2D eigenvalue weighted by molar-refractivity contribution is -0.150. The lowest BCUT2D eigenvalue weighted by Gasteiger charge is -2.49. The van der Waals surface area contributed by atoms with Crippen molar-refractivity contribution in [1.29, 1.82) is 0 Å². The van der Waals surface area contributed by atoms with E-state index in [4.69, 9.17) is 9.94 Å². The van der Waals surface area contributed by atoms with E-state index >= 15 is 0 Å². The predicted molar refractivity (Wildman–Crippen MR) is 136 cm³/mol. The van der Waals surface area contributed by atoms with Gasteiger partial charge in [0.2, 0.25) is 11.6 Å². The van der Waals surface area contributed by atoms with E-state index in [9.17, 15) is 29.1 Å². The molecule has 0 aliphatic carbocycles. The van der Waals surface area contributed by atoms with Crippen LogP contribution in [0.3, 0.4) is 0 Å². The Balaban J connectivity index is 1.48. The summed E-state index contributed by atoms with van der Waals surface area (Å²) < 4.78 is 1.06. The predicted octanol–water partition coefficient (Wildman–Crippen LogP) is -0.946. The lowest BCUT2D eigenvalue weighted by atomic mass is 10.0. The second-order valence-corrected chi connectivity index (χ2v) is 10.5. The van der Waals surface area contributed by atoms with Crippen molar-refractivity contribution in [3.05, 3.63) is 22.3 Å². The number of hydrogen-bond acceptors (Lipinski definition) is 14. The summed E-state index contributed by atoms with van der Waals surface area (Å²) >= 11 is 3.35. The van der Waals surface area contributed by atoms with E-state index in [1.807, 2.05) is 0 Å². The highest BCUT2D eigenvalue weighted by Gasteiger charge is 2.54. The van der Waals surface area contributed by atoms with Crippen molar-refractivity contribution in [3.63, 3.8) is 0 Å². The number of β-lactam (4-membered cyclic amide) rings is 1. The van der Waals surface area contributed by atoms with E-state index in [2.05, 4.69) is 36.3 Å². The van der Waals surface area contributed by atoms with E-state index in [0.29, 0.717) is 12.0 Å². The number of aliphatic carboxylic acids is 2. The van der Waals surface area contributed by atoms with Crippen LogP contribution in [-0.2, 0) is 35.4 Å². The normalized spacial score (nSPS) is 18.7. The molecule has 4 N–H and O–H groups in total. The molecule has 4 rings (SSSR count). The standard InChI is InChI=1S/C19H19N9O8S3/c1-2-36-24-11(9-6-38-18(21-9)20-7-29)14(32)22-12-15(33)28-13(17(34)35)8(4-37-16(12)28)5-39-19-23-25-26-27(19)3-10(30)31/h6-7,12,16H,2-5H2,1H3,(H,22,32)(H,30,31)(H,34,35)(H,20,21,29)/b24-11-/t12?,16-/m1/s1. The molecule has 1 fully saturated rings. The molecule has 2 aromatic rings. The van der Waals surface area contributed by atoms with Gasteiger partial charge in [-0.25, -0.2) is 14.5 Å². The van der Waals surface area contributed by atoms with E-state index in [0.717, 1.165) is 32.7 Å². The first-order valence-corrected chi connectivity index (χ1v) is 13.8. The highest BCUT2D eigenvalue weighted by molar-refractivity contribution is 8.01. The number of thioether (sulfide) groups is 2. The van der Waals surface area contributed by atoms with Gasteiger partial charge in [0.05, 0.1) is 0 Å². The fraction of sp³-hybridized carbons (Fsp3) is 0.368. The minimum atomic E-state index is -1.32. The van der Waals surface area contributed by atoms with Crippen molar-refractivity contribution in [2.24, 2.45) is 5.16 Å². The number of carboxylic acids is 2. The molecule has 2 aliphatic heterocycles. The molecule has 0 bridgehead atoms. The zero-order valence-corrected chi connectivity index (χ0v) is 22.3. The van der Waals surface area contributed by atoms with Gasteiger partial charge in [0.25, 0.3) is 11.8 Å². The molecule has 20 heteroatoms. The van der Waals surface area contributed by atoms with Crippen LogP contribution in [0.2, 0.25) is 0 Å². The molecular formula is C19H19N9O8S3. The second-order valence-electron chi connectivity index (χ2n) is 7.58. The van der Waals surface area contributed by atoms with Crippen LogP contribution in [0.1, 0.15) is 12.6 Å². The molecule has 206 valence electrons. The number of hydrogen-bond donors (Lipinski definition) is 4. The number of thiazole rings is 1. The number of carbonyl (C=O) groups is 5. The molecule has 4 heterocycles. The van der Waals surface area contributed by atoms with Gasteiger partial charge in [-0.3, -0.25) is 24.1 Å². The maximum absolute atomic E-state index is 13.0. The Morgan fingerprint density at radius 2 is 2.15 bits per heavy atom. The SMILES string of the molecule is CCO/N=C(\C(=O)NC1C(=O)N2C(C(=O)O)=C(CSc3nnnn3CC(=O)O)CS[C@H]12)c1csc(NC=O)n1. The summed E-state index contributed by atoms with van der Waals surface area (Å²) in [7, 11) is 0. The Morgan fingerprint density at radius 3 is 2.85 bits per heavy atom. The quantitative estimate of drug-likeness (QED) is 0.0717. The Kier molecular flexibility index (Phi) is 8.76. The van der Waals surface area contributed by atoms with Crippen LogP contribution in [0, 0.1) is 0 Å². The van der Waals surface area contributed by atoms with Crippen LogP contribution in [0.25, 0.3) is 0 Å². The first-order valence-electron chi connectivity index (χ1n) is 10.9. The molecular weight excluding hydrogens is 578 g/mol. The summed E-state index contributed by atoms with van der Waals surface area (Å²) in [5.74, 6) is -3.55. The number of aromatic nitrogens is 5. The number of amides is 3. The monoisotopic (exact) mass is 597 g/mol. The summed E-state index contributed by atoms with van der Waals surface area (Å²) in [5, 5.41) is 39.6. The minimum Gasteiger partial charge on any atom is -0.480 e. The van der Waals surface area contributed by atoms with Crippen LogP contribution in [0.15, 0.2) is 27.0 Å². The Bertz CT molecular complexity index is 1370. The van der Waals surface area contributed by atoms with Crippen LogP contribution in [0.4, 0.5) is 5.13 Å². The summed E-state index contributed by atoms with van der Waals surface area (Å²) in [6.07, 6.45) is 0.433. The fourth-order valence-corrected chi connectivity index (χ4v) is 6.53. The van der Waals surface area contributed by atoms with Crippen molar-refractivity contribution in [1.82, 2.24) is 35.4 Å². The van der Waals surface area contributed by atoms with Gasteiger partial charge >= 0.3 is 11.9 Å². The van der Waals surface area contributed by atoms with Crippen LogP contribution in [0.5, 0.6) is 0 Å². The molecule has 0 radical (unpaired) electrons. The third-order valence-electron chi connectivity index (χ3n) is 5.13. The van der Waals surface area contributed by atoms with E-state index in [1.165, 1.54) is 17.1 Å². The van der Waals surface area contributed by atoms with Crippen LogP contribution < -0.4 is 10.6 Å². The van der Waals surface area contributed by atoms with Crippen LogP contribution in [-0.4, -0.2) is 106 Å². The molecule has 2 atom stereocenters. The Morgan fingerprint density at radius 1 is 1.36 bits per heavy atom. The van der Waals surface area contributed by atoms with Crippen molar-refractivity contribution in [2.45, 2.75) is 30.0 Å². The summed E-state index contributed by atoms with van der Waals surface area (Å²) in [6.45, 7) is 1.35. The highest BCUT2D eigenvalue weighted by Crippen LogP contribution is 2.41. The summed E-state index contributed by atoms with van der Waals surface area (Å²) in [6, 6.07) is -1.04. The van der Waals surface area contributed by atoms with Gasteiger partial charge in [-0.05, 0) is 22.9 Å². The number of rotatable bonds is 13. The van der Waals surface area contributed by atoms with Crippen LogP contribution >= 0.6 is 34.9 Å². The fourth-order valence-electron chi connectivity index (χ4n) is 3.52. The summed E-state index contributed by atoms with van der Waals surface area (Å²) in [5.41, 5.74) is 0.0921. The number of anilines is 1. The third kappa shape index (κ3) is 6.01. The van der Waals surface area contributed by atoms with Crippen molar-refractivity contribution in [2.75, 3.05) is 23.4 Å². The number of fused-ring (bicyclic) bond motifs is 1. The second kappa shape index (κ2) is 12.2. The van der Waals surface area contributed by atoms with Crippen molar-refractivity contribution >= 4 is 75.9 Å². The van der Waals surface area contributed by atoms with Crippen molar-refractivity contribution in [3.8, 4) is 0 Å². The zero-order valence-electron chi connectivity index (χ0n) is 19.8. The van der Waals surface area contributed by atoms with Gasteiger partial charge in [0, 0.05) is 16.9 Å². The molecule has 2 aliphatic rings. The number of carboxylic acid groups (broad SMARTS) is 2. The van der Waals surface area contributed by atoms with E-state index in [1.54, 1.807) is 6.92 Å².